The summed E-state index contributed by atoms with van der Waals surface area (Å²) in [4.78, 5) is 4.87. The molecule has 3 rings (SSSR count). The zero-order chi connectivity index (χ0) is 15.0. The molecule has 1 aromatic carbocycles. The molecule has 3 unspecified atom stereocenters. The molecular weight excluding hydrogens is 280 g/mol. The molecule has 2 aromatic rings. The van der Waals surface area contributed by atoms with Crippen LogP contribution in [0, 0.1) is 18.8 Å². The van der Waals surface area contributed by atoms with E-state index in [9.17, 15) is 0 Å². The summed E-state index contributed by atoms with van der Waals surface area (Å²) in [6.07, 6.45) is 4.75. The molecule has 114 valence electrons. The minimum atomic E-state index is 0.576. The highest BCUT2D eigenvalue weighted by molar-refractivity contribution is 6.17. The van der Waals surface area contributed by atoms with Crippen LogP contribution in [0.2, 0.25) is 0 Å². The van der Waals surface area contributed by atoms with Gasteiger partial charge in [-0.2, -0.15) is 0 Å². The van der Waals surface area contributed by atoms with Crippen molar-refractivity contribution < 1.29 is 0 Å². The number of halogens is 1. The Kier molecular flexibility index (Phi) is 4.26. The third kappa shape index (κ3) is 2.83. The summed E-state index contributed by atoms with van der Waals surface area (Å²) in [5.74, 6) is 3.36. The normalized spacial score (nSPS) is 26.4. The van der Waals surface area contributed by atoms with Crippen molar-refractivity contribution in [2.24, 2.45) is 11.8 Å². The number of imidazole rings is 1. The highest BCUT2D eigenvalue weighted by Crippen LogP contribution is 2.39. The van der Waals surface area contributed by atoms with Crippen molar-refractivity contribution >= 4 is 22.6 Å². The van der Waals surface area contributed by atoms with E-state index in [0.717, 1.165) is 23.7 Å². The van der Waals surface area contributed by atoms with E-state index >= 15 is 0 Å². The minimum Gasteiger partial charge on any atom is -0.325 e. The molecule has 0 spiro atoms. The molecule has 0 N–H and O–H groups in total. The number of hydrogen-bond donors (Lipinski definition) is 0. The van der Waals surface area contributed by atoms with E-state index in [2.05, 4.69) is 43.5 Å². The van der Waals surface area contributed by atoms with E-state index in [-0.39, 0.29) is 0 Å². The van der Waals surface area contributed by atoms with Gasteiger partial charge >= 0.3 is 0 Å². The molecular formula is C18H25ClN2. The van der Waals surface area contributed by atoms with Crippen molar-refractivity contribution in [3.63, 3.8) is 0 Å². The first-order valence-corrected chi connectivity index (χ1v) is 8.67. The summed E-state index contributed by atoms with van der Waals surface area (Å²) in [7, 11) is 0. The summed E-state index contributed by atoms with van der Waals surface area (Å²) in [6, 6.07) is 7.20. The second-order valence-electron chi connectivity index (χ2n) is 6.79. The standard InChI is InChI=1S/C18H25ClN2/c1-12-4-6-16(14(3)10-12)21-17-7-5-13(2)11-15(17)20-18(21)8-9-19/h5,7,11-12,14,16H,4,6,8-10H2,1-3H3. The summed E-state index contributed by atoms with van der Waals surface area (Å²) < 4.78 is 2.49. The lowest BCUT2D eigenvalue weighted by molar-refractivity contribution is 0.208. The number of hydrogen-bond acceptors (Lipinski definition) is 1. The van der Waals surface area contributed by atoms with Gasteiger partial charge in [0.1, 0.15) is 5.82 Å². The second kappa shape index (κ2) is 6.00. The van der Waals surface area contributed by atoms with Crippen LogP contribution < -0.4 is 0 Å². The number of aryl methyl sites for hydroxylation is 2. The van der Waals surface area contributed by atoms with Crippen LogP contribution in [0.15, 0.2) is 18.2 Å². The van der Waals surface area contributed by atoms with E-state index < -0.39 is 0 Å². The fourth-order valence-electron chi connectivity index (χ4n) is 3.92. The Bertz CT molecular complexity index is 631. The molecule has 1 fully saturated rings. The Morgan fingerprint density at radius 3 is 2.81 bits per heavy atom. The number of benzene rings is 1. The van der Waals surface area contributed by atoms with Crippen molar-refractivity contribution in [2.75, 3.05) is 5.88 Å². The van der Waals surface area contributed by atoms with Crippen LogP contribution in [0.3, 0.4) is 0 Å². The van der Waals surface area contributed by atoms with Gasteiger partial charge in [0.25, 0.3) is 0 Å². The molecule has 1 aromatic heterocycles. The number of aromatic nitrogens is 2. The van der Waals surface area contributed by atoms with Gasteiger partial charge in [0.05, 0.1) is 11.0 Å². The van der Waals surface area contributed by atoms with E-state index in [1.54, 1.807) is 0 Å². The molecule has 3 atom stereocenters. The van der Waals surface area contributed by atoms with Gasteiger partial charge in [-0.15, -0.1) is 11.6 Å². The van der Waals surface area contributed by atoms with Gasteiger partial charge in [-0.25, -0.2) is 4.98 Å². The predicted octanol–water partition coefficient (Wildman–Crippen LogP) is 5.12. The molecule has 1 heterocycles. The average molecular weight is 305 g/mol. The van der Waals surface area contributed by atoms with Crippen LogP contribution in [-0.4, -0.2) is 15.4 Å². The maximum Gasteiger partial charge on any atom is 0.111 e. The Balaban J connectivity index is 2.08. The van der Waals surface area contributed by atoms with E-state index in [0.29, 0.717) is 17.8 Å². The fraction of sp³-hybridized carbons (Fsp3) is 0.611. The predicted molar refractivity (Wildman–Crippen MR) is 90.1 cm³/mol. The Hall–Kier alpha value is -1.02. The van der Waals surface area contributed by atoms with E-state index in [4.69, 9.17) is 16.6 Å². The molecule has 0 aliphatic heterocycles. The van der Waals surface area contributed by atoms with Crippen LogP contribution in [0.25, 0.3) is 11.0 Å². The largest absolute Gasteiger partial charge is 0.325 e. The quantitative estimate of drug-likeness (QED) is 0.719. The van der Waals surface area contributed by atoms with Crippen molar-refractivity contribution in [3.05, 3.63) is 29.6 Å². The van der Waals surface area contributed by atoms with E-state index in [1.807, 2.05) is 0 Å². The van der Waals surface area contributed by atoms with E-state index in [1.165, 1.54) is 30.3 Å². The Morgan fingerprint density at radius 2 is 2.10 bits per heavy atom. The summed E-state index contributed by atoms with van der Waals surface area (Å²) >= 11 is 6.01. The van der Waals surface area contributed by atoms with Gasteiger partial charge in [-0.05, 0) is 55.7 Å². The number of nitrogens with zero attached hydrogens (tertiary/aromatic N) is 2. The first kappa shape index (κ1) is 14.9. The number of rotatable bonds is 3. The van der Waals surface area contributed by atoms with Crippen LogP contribution in [0.4, 0.5) is 0 Å². The zero-order valence-electron chi connectivity index (χ0n) is 13.3. The highest BCUT2D eigenvalue weighted by atomic mass is 35.5. The van der Waals surface area contributed by atoms with Crippen molar-refractivity contribution in [2.45, 2.75) is 52.5 Å². The summed E-state index contributed by atoms with van der Waals surface area (Å²) in [5.41, 5.74) is 3.68. The molecule has 1 aliphatic carbocycles. The van der Waals surface area contributed by atoms with Crippen molar-refractivity contribution in [3.8, 4) is 0 Å². The third-order valence-corrected chi connectivity index (χ3v) is 5.14. The lowest BCUT2D eigenvalue weighted by Crippen LogP contribution is -2.26. The molecule has 1 saturated carbocycles. The topological polar surface area (TPSA) is 17.8 Å². The van der Waals surface area contributed by atoms with Crippen LogP contribution in [0.1, 0.15) is 50.5 Å². The van der Waals surface area contributed by atoms with Crippen LogP contribution >= 0.6 is 11.6 Å². The van der Waals surface area contributed by atoms with Gasteiger partial charge < -0.3 is 4.57 Å². The molecule has 21 heavy (non-hydrogen) atoms. The van der Waals surface area contributed by atoms with Crippen LogP contribution in [0.5, 0.6) is 0 Å². The molecule has 0 bridgehead atoms. The molecule has 0 radical (unpaired) electrons. The first-order chi connectivity index (χ1) is 10.1. The summed E-state index contributed by atoms with van der Waals surface area (Å²) in [6.45, 7) is 6.90. The SMILES string of the molecule is Cc1ccc2c(c1)nc(CCCl)n2C1CCC(C)CC1C. The smallest absolute Gasteiger partial charge is 0.111 e. The summed E-state index contributed by atoms with van der Waals surface area (Å²) in [5, 5.41) is 0. The lowest BCUT2D eigenvalue weighted by Gasteiger charge is -2.34. The van der Waals surface area contributed by atoms with Gasteiger partial charge in [0.2, 0.25) is 0 Å². The van der Waals surface area contributed by atoms with Gasteiger partial charge in [-0.3, -0.25) is 0 Å². The van der Waals surface area contributed by atoms with Crippen LogP contribution in [-0.2, 0) is 6.42 Å². The molecule has 2 nitrogen and oxygen atoms in total. The molecule has 1 aliphatic rings. The zero-order valence-corrected chi connectivity index (χ0v) is 14.0. The maximum absolute atomic E-state index is 6.01. The van der Waals surface area contributed by atoms with Gasteiger partial charge in [-0.1, -0.05) is 19.9 Å². The number of alkyl halides is 1. The Morgan fingerprint density at radius 1 is 1.29 bits per heavy atom. The highest BCUT2D eigenvalue weighted by Gasteiger charge is 2.29. The monoisotopic (exact) mass is 304 g/mol. The van der Waals surface area contributed by atoms with Crippen molar-refractivity contribution in [1.29, 1.82) is 0 Å². The second-order valence-corrected chi connectivity index (χ2v) is 7.17. The molecule has 3 heteroatoms. The average Bonchev–Trinajstić information content (AvgIpc) is 2.76. The maximum atomic E-state index is 6.01. The Labute approximate surface area is 132 Å². The lowest BCUT2D eigenvalue weighted by atomic mass is 9.79. The van der Waals surface area contributed by atoms with Crippen molar-refractivity contribution in [1.82, 2.24) is 9.55 Å². The number of fused-ring (bicyclic) bond motifs is 1. The van der Waals surface area contributed by atoms with Gasteiger partial charge in [0.15, 0.2) is 0 Å². The first-order valence-electron chi connectivity index (χ1n) is 8.13. The van der Waals surface area contributed by atoms with Gasteiger partial charge in [0, 0.05) is 18.3 Å². The fourth-order valence-corrected chi connectivity index (χ4v) is 4.09. The third-order valence-electron chi connectivity index (χ3n) is 4.95. The molecule has 0 amide bonds. The minimum absolute atomic E-state index is 0.576. The molecule has 0 saturated heterocycles.